The van der Waals surface area contributed by atoms with Crippen LogP contribution >= 0.6 is 11.6 Å². The van der Waals surface area contributed by atoms with Crippen LogP contribution in [0.15, 0.2) is 24.0 Å². The molecule has 1 aromatic carbocycles. The van der Waals surface area contributed by atoms with Gasteiger partial charge in [0.2, 0.25) is 5.91 Å². The van der Waals surface area contributed by atoms with Gasteiger partial charge in [0.25, 0.3) is 5.91 Å². The molecule has 1 fully saturated rings. The zero-order valence-electron chi connectivity index (χ0n) is 21.2. The highest BCUT2D eigenvalue weighted by atomic mass is 35.5. The second kappa shape index (κ2) is 10.5. The fourth-order valence-electron chi connectivity index (χ4n) is 5.43. The van der Waals surface area contributed by atoms with E-state index in [1.165, 1.54) is 10.9 Å². The molecule has 1 saturated carbocycles. The maximum atomic E-state index is 13.3. The Balaban J connectivity index is 1.50. The Morgan fingerprint density at radius 2 is 1.86 bits per heavy atom. The highest BCUT2D eigenvalue weighted by molar-refractivity contribution is 6.31. The first-order valence-electron chi connectivity index (χ1n) is 12.3. The second-order valence-electron chi connectivity index (χ2n) is 9.86. The standard InChI is InChI=1S/C26H35ClN6O2/c1-6-32(20-9-7-19(8-10-20)31(4)5)23-13-18(27)12-21(17(23)3)25(34)28-14-22-16(2)11-24-30-29-15-33(24)26(22)35/h11-13,15,19-20,22H,6-10,14H2,1-5H3,(H,28,34). The summed E-state index contributed by atoms with van der Waals surface area (Å²) in [5.41, 5.74) is 3.32. The van der Waals surface area contributed by atoms with Gasteiger partial charge in [0, 0.05) is 41.4 Å². The summed E-state index contributed by atoms with van der Waals surface area (Å²) >= 11 is 6.52. The summed E-state index contributed by atoms with van der Waals surface area (Å²) in [5, 5.41) is 11.3. The summed E-state index contributed by atoms with van der Waals surface area (Å²) in [7, 11) is 4.30. The molecule has 0 saturated heterocycles. The maximum absolute atomic E-state index is 13.3. The van der Waals surface area contributed by atoms with Crippen LogP contribution < -0.4 is 10.2 Å². The van der Waals surface area contributed by atoms with Crippen molar-refractivity contribution in [3.63, 3.8) is 0 Å². The number of nitrogens with zero attached hydrogens (tertiary/aromatic N) is 5. The van der Waals surface area contributed by atoms with Crippen molar-refractivity contribution >= 4 is 35.2 Å². The van der Waals surface area contributed by atoms with Crippen LogP contribution in [0.4, 0.5) is 5.69 Å². The van der Waals surface area contributed by atoms with E-state index in [1.54, 1.807) is 6.07 Å². The molecule has 0 bridgehead atoms. The molecule has 4 rings (SSSR count). The van der Waals surface area contributed by atoms with E-state index in [2.05, 4.69) is 46.3 Å². The minimum Gasteiger partial charge on any atom is -0.369 e. The van der Waals surface area contributed by atoms with Gasteiger partial charge in [-0.2, -0.15) is 0 Å². The van der Waals surface area contributed by atoms with Gasteiger partial charge in [-0.05, 0) is 84.3 Å². The quantitative estimate of drug-likeness (QED) is 0.620. The minimum absolute atomic E-state index is 0.140. The minimum atomic E-state index is -0.458. The molecule has 188 valence electrons. The third-order valence-corrected chi connectivity index (χ3v) is 7.78. The molecular formula is C26H35ClN6O2. The molecule has 1 N–H and O–H groups in total. The first kappa shape index (κ1) is 25.4. The summed E-state index contributed by atoms with van der Waals surface area (Å²) < 4.78 is 1.43. The van der Waals surface area contributed by atoms with Gasteiger partial charge in [0.15, 0.2) is 5.82 Å². The Kier molecular flexibility index (Phi) is 7.62. The fraction of sp³-hybridized carbons (Fsp3) is 0.538. The first-order chi connectivity index (χ1) is 16.7. The zero-order chi connectivity index (χ0) is 25.3. The molecular weight excluding hydrogens is 464 g/mol. The lowest BCUT2D eigenvalue weighted by atomic mass is 9.89. The van der Waals surface area contributed by atoms with Crippen molar-refractivity contribution in [2.45, 2.75) is 58.5 Å². The highest BCUT2D eigenvalue weighted by Crippen LogP contribution is 2.34. The summed E-state index contributed by atoms with van der Waals surface area (Å²) in [6.07, 6.45) is 7.80. The van der Waals surface area contributed by atoms with Crippen molar-refractivity contribution < 1.29 is 9.59 Å². The largest absolute Gasteiger partial charge is 0.369 e. The van der Waals surface area contributed by atoms with Crippen LogP contribution in [0.25, 0.3) is 6.08 Å². The molecule has 8 nitrogen and oxygen atoms in total. The van der Waals surface area contributed by atoms with E-state index in [4.69, 9.17) is 11.6 Å². The van der Waals surface area contributed by atoms with Gasteiger partial charge >= 0.3 is 0 Å². The van der Waals surface area contributed by atoms with Crippen molar-refractivity contribution in [3.8, 4) is 0 Å². The van der Waals surface area contributed by atoms with Crippen LogP contribution in [0.5, 0.6) is 0 Å². The van der Waals surface area contributed by atoms with E-state index >= 15 is 0 Å². The lowest BCUT2D eigenvalue weighted by Crippen LogP contribution is -2.42. The summed E-state index contributed by atoms with van der Waals surface area (Å²) in [5.74, 6) is -0.307. The number of amides is 1. The average Bonchev–Trinajstić information content (AvgIpc) is 3.30. The molecule has 35 heavy (non-hydrogen) atoms. The predicted octanol–water partition coefficient (Wildman–Crippen LogP) is 4.04. The number of hydrogen-bond acceptors (Lipinski definition) is 6. The molecule has 9 heteroatoms. The van der Waals surface area contributed by atoms with E-state index in [9.17, 15) is 9.59 Å². The van der Waals surface area contributed by atoms with Crippen LogP contribution in [0.2, 0.25) is 5.02 Å². The zero-order valence-corrected chi connectivity index (χ0v) is 22.0. The van der Waals surface area contributed by atoms with E-state index in [0.717, 1.165) is 49.1 Å². The van der Waals surface area contributed by atoms with Crippen LogP contribution in [0, 0.1) is 12.8 Å². The third kappa shape index (κ3) is 5.14. The topological polar surface area (TPSA) is 83.4 Å². The molecule has 1 atom stereocenters. The lowest BCUT2D eigenvalue weighted by molar-refractivity contribution is 0.0839. The molecule has 0 radical (unpaired) electrons. The molecule has 0 spiro atoms. The Labute approximate surface area is 212 Å². The normalized spacial score (nSPS) is 22.1. The van der Waals surface area contributed by atoms with Crippen LogP contribution in [-0.4, -0.2) is 70.7 Å². The molecule has 1 aromatic heterocycles. The Hall–Kier alpha value is -2.71. The molecule has 2 heterocycles. The van der Waals surface area contributed by atoms with Gasteiger partial charge in [0.05, 0.1) is 5.92 Å². The Bertz CT molecular complexity index is 1130. The second-order valence-corrected chi connectivity index (χ2v) is 10.3. The van der Waals surface area contributed by atoms with Crippen molar-refractivity contribution in [1.29, 1.82) is 0 Å². The summed E-state index contributed by atoms with van der Waals surface area (Å²) in [4.78, 5) is 30.8. The van der Waals surface area contributed by atoms with Crippen molar-refractivity contribution in [3.05, 3.63) is 46.0 Å². The van der Waals surface area contributed by atoms with Crippen LogP contribution in [0.1, 0.15) is 66.1 Å². The number of anilines is 1. The molecule has 2 aliphatic rings. The number of benzene rings is 1. The molecule has 1 unspecified atom stereocenters. The van der Waals surface area contributed by atoms with Crippen molar-refractivity contribution in [2.24, 2.45) is 5.92 Å². The van der Waals surface area contributed by atoms with Gasteiger partial charge in [0.1, 0.15) is 6.33 Å². The van der Waals surface area contributed by atoms with E-state index in [-0.39, 0.29) is 18.4 Å². The number of nitrogens with one attached hydrogen (secondary N) is 1. The average molecular weight is 499 g/mol. The number of fused-ring (bicyclic) bond motifs is 1. The lowest BCUT2D eigenvalue weighted by Gasteiger charge is -2.40. The number of aromatic nitrogens is 3. The van der Waals surface area contributed by atoms with Crippen molar-refractivity contribution in [1.82, 2.24) is 25.0 Å². The predicted molar refractivity (Wildman–Crippen MR) is 139 cm³/mol. The number of halogens is 1. The van der Waals surface area contributed by atoms with Crippen molar-refractivity contribution in [2.75, 3.05) is 32.1 Å². The SMILES string of the molecule is CCN(c1cc(Cl)cc(C(=O)NCC2C(=O)n3cnnc3C=C2C)c1C)C1CCC(N(C)C)CC1. The maximum Gasteiger partial charge on any atom is 0.251 e. The van der Waals surface area contributed by atoms with E-state index < -0.39 is 5.92 Å². The molecule has 1 aliphatic carbocycles. The van der Waals surface area contributed by atoms with Crippen LogP contribution in [0.3, 0.4) is 0 Å². The van der Waals surface area contributed by atoms with Gasteiger partial charge in [-0.3, -0.25) is 14.2 Å². The number of hydrogen-bond donors (Lipinski definition) is 1. The third-order valence-electron chi connectivity index (χ3n) is 7.56. The van der Waals surface area contributed by atoms with E-state index in [1.807, 2.05) is 26.0 Å². The molecule has 2 aromatic rings. The Morgan fingerprint density at radius 3 is 2.51 bits per heavy atom. The Morgan fingerprint density at radius 1 is 1.17 bits per heavy atom. The number of carbonyl (C=O) groups is 2. The molecule has 1 amide bonds. The van der Waals surface area contributed by atoms with Gasteiger partial charge in [-0.15, -0.1) is 10.2 Å². The highest BCUT2D eigenvalue weighted by Gasteiger charge is 2.30. The summed E-state index contributed by atoms with van der Waals surface area (Å²) in [6.45, 7) is 7.06. The number of carbonyl (C=O) groups excluding carboxylic acids is 2. The van der Waals surface area contributed by atoms with Crippen LogP contribution in [-0.2, 0) is 0 Å². The number of rotatable bonds is 7. The van der Waals surface area contributed by atoms with Gasteiger partial charge < -0.3 is 15.1 Å². The van der Waals surface area contributed by atoms with E-state index in [0.29, 0.717) is 28.5 Å². The van der Waals surface area contributed by atoms with Gasteiger partial charge in [-0.25, -0.2) is 0 Å². The monoisotopic (exact) mass is 498 g/mol. The summed E-state index contributed by atoms with van der Waals surface area (Å²) in [6, 6.07) is 4.74. The first-order valence-corrected chi connectivity index (χ1v) is 12.7. The smallest absolute Gasteiger partial charge is 0.251 e. The van der Waals surface area contributed by atoms with Gasteiger partial charge in [-0.1, -0.05) is 17.2 Å². The fourth-order valence-corrected chi connectivity index (χ4v) is 5.64. The molecule has 1 aliphatic heterocycles.